The third kappa shape index (κ3) is 5.92. The second kappa shape index (κ2) is 12.4. The van der Waals surface area contributed by atoms with Gasteiger partial charge in [-0.3, -0.25) is 4.79 Å². The van der Waals surface area contributed by atoms with Gasteiger partial charge in [-0.25, -0.2) is 24.0 Å². The number of rotatable bonds is 8. The molecule has 0 atom stereocenters. The number of aromatic nitrogens is 5. The molecule has 0 saturated carbocycles. The quantitative estimate of drug-likeness (QED) is 0.160. The van der Waals surface area contributed by atoms with Gasteiger partial charge in [0.2, 0.25) is 5.91 Å². The number of nitrogens with zero attached hydrogens (tertiary/aromatic N) is 5. The van der Waals surface area contributed by atoms with Crippen LogP contribution in [0, 0.1) is 19.7 Å². The maximum atomic E-state index is 15.7. The van der Waals surface area contributed by atoms with Gasteiger partial charge < -0.3 is 15.8 Å². The number of nitrogen functional groups attached to an aromatic ring is 1. The van der Waals surface area contributed by atoms with Crippen molar-refractivity contribution < 1.29 is 22.7 Å². The molecule has 4 heterocycles. The molecule has 3 N–H and O–H groups in total. The molecular formula is C33H26F3N7O2S. The number of halogens is 3. The third-order valence-electron chi connectivity index (χ3n) is 7.11. The van der Waals surface area contributed by atoms with Crippen molar-refractivity contribution in [3.05, 3.63) is 96.5 Å². The molecule has 2 aromatic carbocycles. The summed E-state index contributed by atoms with van der Waals surface area (Å²) in [5.74, 6) is -0.815. The number of anilines is 2. The zero-order valence-electron chi connectivity index (χ0n) is 24.8. The van der Waals surface area contributed by atoms with Crippen LogP contribution in [-0.4, -0.2) is 30.6 Å². The van der Waals surface area contributed by atoms with Crippen molar-refractivity contribution in [2.75, 3.05) is 11.1 Å². The minimum atomic E-state index is -2.82. The average Bonchev–Trinajstić information content (AvgIpc) is 3.66. The Hall–Kier alpha value is -5.56. The normalized spacial score (nSPS) is 11.5. The summed E-state index contributed by atoms with van der Waals surface area (Å²) in [5.41, 5.74) is 11.4. The SMILES string of the molecule is C/C=C/C(=O)Nc1ccc(-c2sc3c(-c4cnn(C(F)F)c4)cnc(N)c3c2-c2ccc(Oc3nccc(C)n3)c(F)c2)c(C)c1. The molecule has 1 amide bonds. The molecule has 6 rings (SSSR count). The lowest BCUT2D eigenvalue weighted by Crippen LogP contribution is -2.07. The van der Waals surface area contributed by atoms with Gasteiger partial charge in [-0.2, -0.15) is 13.9 Å². The number of hydrogen-bond acceptors (Lipinski definition) is 8. The average molecular weight is 642 g/mol. The summed E-state index contributed by atoms with van der Waals surface area (Å²) in [4.78, 5) is 25.5. The zero-order chi connectivity index (χ0) is 32.5. The maximum absolute atomic E-state index is 15.7. The first kappa shape index (κ1) is 30.5. The lowest BCUT2D eigenvalue weighted by atomic mass is 9.95. The van der Waals surface area contributed by atoms with Crippen molar-refractivity contribution in [2.45, 2.75) is 27.3 Å². The Bertz CT molecular complexity index is 2140. The van der Waals surface area contributed by atoms with Crippen LogP contribution >= 0.6 is 11.3 Å². The number of hydrogen-bond donors (Lipinski definition) is 2. The minimum Gasteiger partial charge on any atom is -0.421 e. The van der Waals surface area contributed by atoms with Gasteiger partial charge in [0.05, 0.1) is 6.20 Å². The summed E-state index contributed by atoms with van der Waals surface area (Å²) in [6.45, 7) is 2.60. The molecule has 0 fully saturated rings. The van der Waals surface area contributed by atoms with Crippen LogP contribution in [0.25, 0.3) is 42.8 Å². The number of ether oxygens (including phenoxy) is 1. The molecule has 4 aromatic heterocycles. The highest BCUT2D eigenvalue weighted by molar-refractivity contribution is 7.23. The van der Waals surface area contributed by atoms with Gasteiger partial charge in [0.15, 0.2) is 11.6 Å². The van der Waals surface area contributed by atoms with Crippen molar-refractivity contribution in [2.24, 2.45) is 0 Å². The van der Waals surface area contributed by atoms with Gasteiger partial charge >= 0.3 is 12.6 Å². The Kier molecular flexibility index (Phi) is 8.24. The Balaban J connectivity index is 1.54. The van der Waals surface area contributed by atoms with Gasteiger partial charge in [0.1, 0.15) is 5.82 Å². The number of fused-ring (bicyclic) bond motifs is 1. The number of nitrogens with one attached hydrogen (secondary N) is 1. The summed E-state index contributed by atoms with van der Waals surface area (Å²) in [6.07, 6.45) is 8.68. The highest BCUT2D eigenvalue weighted by atomic mass is 32.1. The van der Waals surface area contributed by atoms with E-state index in [1.807, 2.05) is 19.1 Å². The van der Waals surface area contributed by atoms with E-state index in [-0.39, 0.29) is 23.5 Å². The Morgan fingerprint density at radius 2 is 1.89 bits per heavy atom. The van der Waals surface area contributed by atoms with E-state index in [4.69, 9.17) is 10.5 Å². The molecular weight excluding hydrogens is 615 g/mol. The summed E-state index contributed by atoms with van der Waals surface area (Å²) >= 11 is 1.36. The van der Waals surface area contributed by atoms with Crippen LogP contribution in [0.15, 0.2) is 79.4 Å². The number of allylic oxidation sites excluding steroid dienone is 1. The third-order valence-corrected chi connectivity index (χ3v) is 8.36. The number of amides is 1. The van der Waals surface area contributed by atoms with Gasteiger partial charge in [0, 0.05) is 61.6 Å². The Morgan fingerprint density at radius 1 is 1.07 bits per heavy atom. The van der Waals surface area contributed by atoms with E-state index in [9.17, 15) is 13.6 Å². The molecule has 0 aliphatic rings. The monoisotopic (exact) mass is 641 g/mol. The first-order chi connectivity index (χ1) is 22.1. The molecule has 0 aliphatic carbocycles. The largest absolute Gasteiger partial charge is 0.421 e. The summed E-state index contributed by atoms with van der Waals surface area (Å²) in [7, 11) is 0. The molecule has 0 unspecified atom stereocenters. The van der Waals surface area contributed by atoms with Crippen LogP contribution in [-0.2, 0) is 4.79 Å². The number of nitrogens with two attached hydrogens (primary N) is 1. The van der Waals surface area contributed by atoms with Gasteiger partial charge in [0.25, 0.3) is 0 Å². The fourth-order valence-corrected chi connectivity index (χ4v) is 6.48. The molecule has 0 bridgehead atoms. The van der Waals surface area contributed by atoms with Crippen LogP contribution in [0.4, 0.5) is 24.7 Å². The molecule has 13 heteroatoms. The van der Waals surface area contributed by atoms with E-state index in [0.29, 0.717) is 48.4 Å². The molecule has 232 valence electrons. The first-order valence-corrected chi connectivity index (χ1v) is 14.8. The number of carbonyl (C=O) groups excluding carboxylic acids is 1. The van der Waals surface area contributed by atoms with Crippen LogP contribution in [0.2, 0.25) is 0 Å². The minimum absolute atomic E-state index is 0.00739. The number of pyridine rings is 1. The van der Waals surface area contributed by atoms with E-state index in [1.54, 1.807) is 38.1 Å². The van der Waals surface area contributed by atoms with E-state index in [0.717, 1.165) is 16.0 Å². The summed E-state index contributed by atoms with van der Waals surface area (Å²) in [6, 6.07) is 11.7. The van der Waals surface area contributed by atoms with Crippen molar-refractivity contribution in [1.29, 1.82) is 0 Å². The fraction of sp³-hybridized carbons (Fsp3) is 0.121. The number of carbonyl (C=O) groups is 1. The van der Waals surface area contributed by atoms with Crippen molar-refractivity contribution in [3.8, 4) is 44.5 Å². The summed E-state index contributed by atoms with van der Waals surface area (Å²) in [5, 5.41) is 7.14. The predicted molar refractivity (Wildman–Crippen MR) is 172 cm³/mol. The van der Waals surface area contributed by atoms with Crippen LogP contribution in [0.5, 0.6) is 11.8 Å². The number of alkyl halides is 2. The number of thiophene rings is 1. The van der Waals surface area contributed by atoms with Crippen molar-refractivity contribution in [3.63, 3.8) is 0 Å². The van der Waals surface area contributed by atoms with Crippen molar-refractivity contribution >= 4 is 38.8 Å². The topological polar surface area (TPSA) is 121 Å². The molecule has 9 nitrogen and oxygen atoms in total. The number of aryl methyl sites for hydroxylation is 2. The van der Waals surface area contributed by atoms with Gasteiger partial charge in [-0.1, -0.05) is 18.2 Å². The molecule has 0 saturated heterocycles. The second-order valence-electron chi connectivity index (χ2n) is 10.3. The zero-order valence-corrected chi connectivity index (χ0v) is 25.6. The molecule has 6 aromatic rings. The van der Waals surface area contributed by atoms with Crippen LogP contribution in [0.1, 0.15) is 24.7 Å². The molecule has 0 spiro atoms. The smallest absolute Gasteiger partial charge is 0.333 e. The van der Waals surface area contributed by atoms with Crippen LogP contribution < -0.4 is 15.8 Å². The second-order valence-corrected chi connectivity index (χ2v) is 11.3. The van der Waals surface area contributed by atoms with E-state index in [2.05, 4.69) is 25.4 Å². The standard InChI is InChI=1S/C33H26F3N7O2S/c1-4-5-26(44)42-21-7-8-22(17(2)12-21)29-27(19-6-9-25(24(34)13-19)45-33-38-11-10-18(3)41-33)28-30(46-29)23(15-39-31(28)37)20-14-40-43(16-20)32(35)36/h4-16,32H,1-3H3,(H2,37,39)(H,42,44)/b5-4+. The molecule has 46 heavy (non-hydrogen) atoms. The highest BCUT2D eigenvalue weighted by Gasteiger charge is 2.24. The Labute approximate surface area is 265 Å². The summed E-state index contributed by atoms with van der Waals surface area (Å²) < 4.78 is 49.3. The highest BCUT2D eigenvalue weighted by Crippen LogP contribution is 2.50. The Morgan fingerprint density at radius 3 is 2.59 bits per heavy atom. The molecule has 0 radical (unpaired) electrons. The van der Waals surface area contributed by atoms with E-state index in [1.165, 1.54) is 54.3 Å². The fourth-order valence-electron chi connectivity index (χ4n) is 5.02. The maximum Gasteiger partial charge on any atom is 0.333 e. The predicted octanol–water partition coefficient (Wildman–Crippen LogP) is 8.32. The van der Waals surface area contributed by atoms with Crippen molar-refractivity contribution in [1.82, 2.24) is 24.7 Å². The van der Waals surface area contributed by atoms with Crippen LogP contribution in [0.3, 0.4) is 0 Å². The number of benzene rings is 2. The van der Waals surface area contributed by atoms with E-state index < -0.39 is 12.4 Å². The molecule has 0 aliphatic heterocycles. The van der Waals surface area contributed by atoms with Gasteiger partial charge in [-0.15, -0.1) is 11.3 Å². The van der Waals surface area contributed by atoms with Gasteiger partial charge in [-0.05, 0) is 73.9 Å². The lowest BCUT2D eigenvalue weighted by Gasteiger charge is -2.12. The lowest BCUT2D eigenvalue weighted by molar-refractivity contribution is -0.111. The van der Waals surface area contributed by atoms with E-state index >= 15 is 4.39 Å². The first-order valence-electron chi connectivity index (χ1n) is 14.0.